The lowest BCUT2D eigenvalue weighted by molar-refractivity contribution is 0.444. The summed E-state index contributed by atoms with van der Waals surface area (Å²) in [6.45, 7) is 1.08. The van der Waals surface area contributed by atoms with Gasteiger partial charge in [0.2, 0.25) is 0 Å². The highest BCUT2D eigenvalue weighted by molar-refractivity contribution is 5.39. The molecule has 74 valence electrons. The Hall–Kier alpha value is -1.02. The van der Waals surface area contributed by atoms with Crippen LogP contribution < -0.4 is 5.32 Å². The summed E-state index contributed by atoms with van der Waals surface area (Å²) in [5.74, 6) is 1.22. The van der Waals surface area contributed by atoms with Gasteiger partial charge in [0.1, 0.15) is 5.75 Å². The van der Waals surface area contributed by atoms with E-state index in [4.69, 9.17) is 0 Å². The highest BCUT2D eigenvalue weighted by Crippen LogP contribution is 2.43. The van der Waals surface area contributed by atoms with Crippen LogP contribution in [0.3, 0.4) is 0 Å². The van der Waals surface area contributed by atoms with Crippen molar-refractivity contribution >= 4 is 0 Å². The molecule has 1 aliphatic carbocycles. The zero-order valence-corrected chi connectivity index (χ0v) is 8.16. The van der Waals surface area contributed by atoms with Crippen LogP contribution in [0.5, 0.6) is 5.75 Å². The summed E-state index contributed by atoms with van der Waals surface area (Å²) in [5, 5.41) is 13.0. The molecule has 14 heavy (non-hydrogen) atoms. The number of aromatic hydroxyl groups is 1. The van der Waals surface area contributed by atoms with Crippen molar-refractivity contribution in [2.24, 2.45) is 5.92 Å². The van der Waals surface area contributed by atoms with Gasteiger partial charge in [-0.25, -0.2) is 0 Å². The molecule has 1 aliphatic heterocycles. The Balaban J connectivity index is 2.02. The molecular weight excluding hydrogens is 174 g/mol. The van der Waals surface area contributed by atoms with Crippen LogP contribution in [-0.2, 0) is 6.42 Å². The molecule has 1 heterocycles. The Kier molecular flexibility index (Phi) is 1.77. The van der Waals surface area contributed by atoms with Crippen molar-refractivity contribution in [1.82, 2.24) is 5.32 Å². The maximum absolute atomic E-state index is 9.48. The molecule has 1 aromatic rings. The molecule has 0 bridgehead atoms. The summed E-state index contributed by atoms with van der Waals surface area (Å²) in [4.78, 5) is 0. The number of nitrogens with one attached hydrogen (secondary N) is 1. The third-order valence-corrected chi connectivity index (χ3v) is 3.32. The van der Waals surface area contributed by atoms with E-state index in [0.29, 0.717) is 11.8 Å². The van der Waals surface area contributed by atoms with Gasteiger partial charge < -0.3 is 10.4 Å². The predicted molar refractivity (Wildman–Crippen MR) is 55.3 cm³/mol. The number of benzene rings is 1. The minimum atomic E-state index is 0.401. The maximum Gasteiger partial charge on any atom is 0.115 e. The third-order valence-electron chi connectivity index (χ3n) is 3.32. The Morgan fingerprint density at radius 2 is 2.14 bits per heavy atom. The zero-order valence-electron chi connectivity index (χ0n) is 8.16. The van der Waals surface area contributed by atoms with E-state index in [1.54, 1.807) is 6.07 Å². The molecule has 1 saturated carbocycles. The van der Waals surface area contributed by atoms with E-state index < -0.39 is 0 Å². The van der Waals surface area contributed by atoms with Gasteiger partial charge in [-0.15, -0.1) is 0 Å². The Bertz CT molecular complexity index is 357. The van der Waals surface area contributed by atoms with Gasteiger partial charge >= 0.3 is 0 Å². The van der Waals surface area contributed by atoms with Gasteiger partial charge in [0.25, 0.3) is 0 Å². The van der Waals surface area contributed by atoms with Gasteiger partial charge in [0, 0.05) is 6.04 Å². The first-order valence-electron chi connectivity index (χ1n) is 5.40. The molecule has 0 radical (unpaired) electrons. The smallest absolute Gasteiger partial charge is 0.115 e. The molecule has 0 spiro atoms. The number of fused-ring (bicyclic) bond motifs is 1. The minimum absolute atomic E-state index is 0.401. The number of phenols is 1. The molecule has 1 fully saturated rings. The van der Waals surface area contributed by atoms with E-state index in [-0.39, 0.29) is 0 Å². The molecule has 2 aliphatic rings. The highest BCUT2D eigenvalue weighted by Gasteiger charge is 2.34. The standard InChI is InChI=1S/C12H15NO/c14-10-4-3-8-5-6-13-12(9-1-2-9)11(8)7-10/h3-4,7,9,12-14H,1-2,5-6H2. The molecule has 0 saturated heterocycles. The van der Waals surface area contributed by atoms with Crippen molar-refractivity contribution in [3.8, 4) is 5.75 Å². The van der Waals surface area contributed by atoms with Crippen LogP contribution in [0.2, 0.25) is 0 Å². The Morgan fingerprint density at radius 1 is 1.29 bits per heavy atom. The first kappa shape index (κ1) is 8.30. The van der Waals surface area contributed by atoms with Crippen LogP contribution in [0.1, 0.15) is 30.0 Å². The van der Waals surface area contributed by atoms with Crippen LogP contribution in [0.4, 0.5) is 0 Å². The quantitative estimate of drug-likeness (QED) is 0.708. The second-order valence-corrected chi connectivity index (χ2v) is 4.40. The zero-order chi connectivity index (χ0) is 9.54. The SMILES string of the molecule is Oc1ccc2c(c1)C(C1CC1)NCC2. The monoisotopic (exact) mass is 189 g/mol. The molecule has 0 aromatic heterocycles. The highest BCUT2D eigenvalue weighted by atomic mass is 16.3. The van der Waals surface area contributed by atoms with Crippen LogP contribution >= 0.6 is 0 Å². The largest absolute Gasteiger partial charge is 0.508 e. The van der Waals surface area contributed by atoms with E-state index in [1.165, 1.54) is 24.0 Å². The van der Waals surface area contributed by atoms with E-state index in [9.17, 15) is 5.11 Å². The molecular formula is C12H15NO. The summed E-state index contributed by atoms with van der Waals surface area (Å²) in [5.41, 5.74) is 2.75. The van der Waals surface area contributed by atoms with Gasteiger partial charge in [-0.05, 0) is 55.0 Å². The average molecular weight is 189 g/mol. The molecule has 1 aromatic carbocycles. The van der Waals surface area contributed by atoms with E-state index in [0.717, 1.165) is 18.9 Å². The molecule has 2 N–H and O–H groups in total. The second kappa shape index (κ2) is 2.99. The average Bonchev–Trinajstić information content (AvgIpc) is 3.00. The first-order valence-corrected chi connectivity index (χ1v) is 5.40. The summed E-state index contributed by atoms with van der Waals surface area (Å²) >= 11 is 0. The van der Waals surface area contributed by atoms with Crippen molar-refractivity contribution in [3.05, 3.63) is 29.3 Å². The number of phenolic OH excluding ortho intramolecular Hbond substituents is 1. The van der Waals surface area contributed by atoms with Crippen molar-refractivity contribution in [3.63, 3.8) is 0 Å². The normalized spacial score (nSPS) is 25.9. The van der Waals surface area contributed by atoms with Gasteiger partial charge in [0.05, 0.1) is 0 Å². The summed E-state index contributed by atoms with van der Waals surface area (Å²) in [6.07, 6.45) is 3.78. The summed E-state index contributed by atoms with van der Waals surface area (Å²) in [6, 6.07) is 6.31. The van der Waals surface area contributed by atoms with Crippen molar-refractivity contribution < 1.29 is 5.11 Å². The number of hydrogen-bond donors (Lipinski definition) is 2. The van der Waals surface area contributed by atoms with Crippen molar-refractivity contribution in [2.75, 3.05) is 6.54 Å². The predicted octanol–water partition coefficient (Wildman–Crippen LogP) is 1.99. The molecule has 2 heteroatoms. The fourth-order valence-corrected chi connectivity index (χ4v) is 2.42. The van der Waals surface area contributed by atoms with E-state index in [2.05, 4.69) is 11.4 Å². The van der Waals surface area contributed by atoms with Gasteiger partial charge in [-0.1, -0.05) is 6.07 Å². The van der Waals surface area contributed by atoms with Crippen LogP contribution in [-0.4, -0.2) is 11.7 Å². The third kappa shape index (κ3) is 1.30. The molecule has 2 nitrogen and oxygen atoms in total. The van der Waals surface area contributed by atoms with Crippen LogP contribution in [0.25, 0.3) is 0 Å². The lowest BCUT2D eigenvalue weighted by atomic mass is 9.91. The fourth-order valence-electron chi connectivity index (χ4n) is 2.42. The number of hydrogen-bond acceptors (Lipinski definition) is 2. The van der Waals surface area contributed by atoms with Gasteiger partial charge in [0.15, 0.2) is 0 Å². The topological polar surface area (TPSA) is 32.3 Å². The Morgan fingerprint density at radius 3 is 2.93 bits per heavy atom. The lowest BCUT2D eigenvalue weighted by Gasteiger charge is -2.27. The molecule has 1 unspecified atom stereocenters. The lowest BCUT2D eigenvalue weighted by Crippen LogP contribution is -2.30. The Labute approximate surface area is 84.0 Å². The van der Waals surface area contributed by atoms with Crippen molar-refractivity contribution in [2.45, 2.75) is 25.3 Å². The van der Waals surface area contributed by atoms with E-state index >= 15 is 0 Å². The van der Waals surface area contributed by atoms with Crippen LogP contribution in [0, 0.1) is 5.92 Å². The van der Waals surface area contributed by atoms with Gasteiger partial charge in [-0.2, -0.15) is 0 Å². The maximum atomic E-state index is 9.48. The van der Waals surface area contributed by atoms with Crippen molar-refractivity contribution in [1.29, 1.82) is 0 Å². The first-order chi connectivity index (χ1) is 6.84. The summed E-state index contributed by atoms with van der Waals surface area (Å²) in [7, 11) is 0. The second-order valence-electron chi connectivity index (χ2n) is 4.40. The van der Waals surface area contributed by atoms with Crippen LogP contribution in [0.15, 0.2) is 18.2 Å². The molecule has 0 amide bonds. The molecule has 1 atom stereocenters. The summed E-state index contributed by atoms with van der Waals surface area (Å²) < 4.78 is 0. The van der Waals surface area contributed by atoms with Gasteiger partial charge in [-0.3, -0.25) is 0 Å². The fraction of sp³-hybridized carbons (Fsp3) is 0.500. The molecule has 3 rings (SSSR count). The minimum Gasteiger partial charge on any atom is -0.508 e. The number of rotatable bonds is 1. The van der Waals surface area contributed by atoms with E-state index in [1.807, 2.05) is 6.07 Å².